The third-order valence-electron chi connectivity index (χ3n) is 3.28. The van der Waals surface area contributed by atoms with Gasteiger partial charge in [-0.15, -0.1) is 0 Å². The van der Waals surface area contributed by atoms with E-state index in [4.69, 9.17) is 9.47 Å². The zero-order valence-corrected chi connectivity index (χ0v) is 13.8. The van der Waals surface area contributed by atoms with E-state index in [2.05, 4.69) is 10.6 Å². The topological polar surface area (TPSA) is 76.7 Å². The maximum atomic E-state index is 13.4. The maximum Gasteiger partial charge on any atom is 0.254 e. The lowest BCUT2D eigenvalue weighted by Gasteiger charge is -2.09. The van der Waals surface area contributed by atoms with Crippen molar-refractivity contribution in [3.8, 4) is 11.5 Å². The molecule has 0 heterocycles. The van der Waals surface area contributed by atoms with Gasteiger partial charge in [-0.2, -0.15) is 0 Å². The van der Waals surface area contributed by atoms with Gasteiger partial charge in [0.2, 0.25) is 5.91 Å². The summed E-state index contributed by atoms with van der Waals surface area (Å²) in [7, 11) is 1.58. The highest BCUT2D eigenvalue weighted by atomic mass is 19.1. The van der Waals surface area contributed by atoms with Crippen LogP contribution in [-0.2, 0) is 4.79 Å². The number of rotatable bonds is 8. The fourth-order valence-electron chi connectivity index (χ4n) is 1.99. The SMILES string of the molecule is COc1ccc(OCCNC(=O)CNC(=O)c2ccccc2F)cc1. The van der Waals surface area contributed by atoms with Gasteiger partial charge in [0.25, 0.3) is 5.91 Å². The molecule has 2 rings (SSSR count). The van der Waals surface area contributed by atoms with Gasteiger partial charge in [-0.1, -0.05) is 12.1 Å². The van der Waals surface area contributed by atoms with Crippen molar-refractivity contribution in [3.63, 3.8) is 0 Å². The van der Waals surface area contributed by atoms with E-state index in [9.17, 15) is 14.0 Å². The summed E-state index contributed by atoms with van der Waals surface area (Å²) in [6.07, 6.45) is 0. The van der Waals surface area contributed by atoms with Gasteiger partial charge in [0.05, 0.1) is 25.8 Å². The molecule has 2 aromatic rings. The summed E-state index contributed by atoms with van der Waals surface area (Å²) < 4.78 is 23.9. The molecule has 2 N–H and O–H groups in total. The second-order valence-electron chi connectivity index (χ2n) is 5.04. The van der Waals surface area contributed by atoms with Crippen LogP contribution in [0.5, 0.6) is 11.5 Å². The number of hydrogen-bond acceptors (Lipinski definition) is 4. The lowest BCUT2D eigenvalue weighted by Crippen LogP contribution is -2.38. The Morgan fingerprint density at radius 3 is 2.36 bits per heavy atom. The first-order valence-electron chi connectivity index (χ1n) is 7.66. The van der Waals surface area contributed by atoms with E-state index in [1.54, 1.807) is 37.4 Å². The molecule has 0 radical (unpaired) electrons. The number of carbonyl (C=O) groups is 2. The fraction of sp³-hybridized carbons (Fsp3) is 0.222. The number of benzene rings is 2. The lowest BCUT2D eigenvalue weighted by molar-refractivity contribution is -0.120. The number of methoxy groups -OCH3 is 1. The van der Waals surface area contributed by atoms with Crippen LogP contribution in [0.15, 0.2) is 48.5 Å². The molecule has 2 amide bonds. The van der Waals surface area contributed by atoms with E-state index in [0.29, 0.717) is 5.75 Å². The Balaban J connectivity index is 1.65. The Kier molecular flexibility index (Phi) is 6.76. The minimum Gasteiger partial charge on any atom is -0.497 e. The van der Waals surface area contributed by atoms with E-state index in [0.717, 1.165) is 5.75 Å². The second kappa shape index (κ2) is 9.27. The van der Waals surface area contributed by atoms with Gasteiger partial charge in [-0.3, -0.25) is 9.59 Å². The van der Waals surface area contributed by atoms with Crippen molar-refractivity contribution >= 4 is 11.8 Å². The van der Waals surface area contributed by atoms with Crippen molar-refractivity contribution in [1.29, 1.82) is 0 Å². The first kappa shape index (κ1) is 18.3. The molecular formula is C18H19FN2O4. The van der Waals surface area contributed by atoms with Crippen molar-refractivity contribution in [2.75, 3.05) is 26.8 Å². The predicted molar refractivity (Wildman–Crippen MR) is 90.2 cm³/mol. The Hall–Kier alpha value is -3.09. The highest BCUT2D eigenvalue weighted by Gasteiger charge is 2.11. The molecule has 0 spiro atoms. The van der Waals surface area contributed by atoms with Gasteiger partial charge in [-0.25, -0.2) is 4.39 Å². The predicted octanol–water partition coefficient (Wildman–Crippen LogP) is 1.76. The average Bonchev–Trinajstić information content (AvgIpc) is 2.64. The van der Waals surface area contributed by atoms with Crippen LogP contribution < -0.4 is 20.1 Å². The van der Waals surface area contributed by atoms with Crippen molar-refractivity contribution in [1.82, 2.24) is 10.6 Å². The van der Waals surface area contributed by atoms with Crippen molar-refractivity contribution < 1.29 is 23.5 Å². The largest absolute Gasteiger partial charge is 0.497 e. The van der Waals surface area contributed by atoms with Crippen LogP contribution in [0, 0.1) is 5.82 Å². The van der Waals surface area contributed by atoms with Crippen molar-refractivity contribution in [2.24, 2.45) is 0 Å². The molecule has 132 valence electrons. The zero-order valence-electron chi connectivity index (χ0n) is 13.8. The van der Waals surface area contributed by atoms with Crippen LogP contribution in [0.25, 0.3) is 0 Å². The molecule has 0 aliphatic carbocycles. The van der Waals surface area contributed by atoms with Crippen LogP contribution in [-0.4, -0.2) is 38.6 Å². The lowest BCUT2D eigenvalue weighted by atomic mass is 10.2. The monoisotopic (exact) mass is 346 g/mol. The molecule has 0 aliphatic heterocycles. The third-order valence-corrected chi connectivity index (χ3v) is 3.28. The Bertz CT molecular complexity index is 719. The van der Waals surface area contributed by atoms with Crippen LogP contribution in [0.3, 0.4) is 0 Å². The number of amides is 2. The molecule has 7 heteroatoms. The Morgan fingerprint density at radius 2 is 1.68 bits per heavy atom. The molecule has 2 aromatic carbocycles. The minimum atomic E-state index is -0.636. The third kappa shape index (κ3) is 5.80. The fourth-order valence-corrected chi connectivity index (χ4v) is 1.99. The Labute approximate surface area is 144 Å². The van der Waals surface area contributed by atoms with Crippen molar-refractivity contribution in [3.05, 3.63) is 59.9 Å². The molecule has 0 aliphatic rings. The Morgan fingerprint density at radius 1 is 1.00 bits per heavy atom. The second-order valence-corrected chi connectivity index (χ2v) is 5.04. The number of ether oxygens (including phenoxy) is 2. The number of hydrogen-bond donors (Lipinski definition) is 2. The molecule has 0 atom stereocenters. The van der Waals surface area contributed by atoms with Crippen LogP contribution >= 0.6 is 0 Å². The summed E-state index contributed by atoms with van der Waals surface area (Å²) in [5.41, 5.74) is -0.0989. The summed E-state index contributed by atoms with van der Waals surface area (Å²) in [5.74, 6) is -0.270. The first-order valence-corrected chi connectivity index (χ1v) is 7.66. The van der Waals surface area contributed by atoms with E-state index < -0.39 is 11.7 Å². The van der Waals surface area contributed by atoms with Crippen molar-refractivity contribution in [2.45, 2.75) is 0 Å². The number of halogens is 1. The molecule has 6 nitrogen and oxygen atoms in total. The van der Waals surface area contributed by atoms with Gasteiger partial charge in [0, 0.05) is 0 Å². The van der Waals surface area contributed by atoms with Gasteiger partial charge in [-0.05, 0) is 36.4 Å². The van der Waals surface area contributed by atoms with E-state index in [1.807, 2.05) is 0 Å². The van der Waals surface area contributed by atoms with E-state index in [-0.39, 0.29) is 31.2 Å². The molecule has 0 saturated heterocycles. The standard InChI is InChI=1S/C18H19FN2O4/c1-24-13-6-8-14(9-7-13)25-11-10-20-17(22)12-21-18(23)15-4-2-3-5-16(15)19/h2-9H,10-12H2,1H3,(H,20,22)(H,21,23). The summed E-state index contributed by atoms with van der Waals surface area (Å²) in [6.45, 7) is 0.315. The van der Waals surface area contributed by atoms with E-state index in [1.165, 1.54) is 18.2 Å². The summed E-state index contributed by atoms with van der Waals surface area (Å²) >= 11 is 0. The number of carbonyl (C=O) groups excluding carboxylic acids is 2. The molecular weight excluding hydrogens is 327 g/mol. The van der Waals surface area contributed by atoms with Crippen LogP contribution in [0.1, 0.15) is 10.4 Å². The smallest absolute Gasteiger partial charge is 0.254 e. The van der Waals surface area contributed by atoms with Gasteiger partial charge < -0.3 is 20.1 Å². The highest BCUT2D eigenvalue weighted by molar-refractivity contribution is 5.96. The summed E-state index contributed by atoms with van der Waals surface area (Å²) in [6, 6.07) is 12.6. The normalized spacial score (nSPS) is 10.0. The molecule has 0 unspecified atom stereocenters. The van der Waals surface area contributed by atoms with Gasteiger partial charge in [0.1, 0.15) is 23.9 Å². The quantitative estimate of drug-likeness (QED) is 0.714. The van der Waals surface area contributed by atoms with Gasteiger partial charge in [0.15, 0.2) is 0 Å². The average molecular weight is 346 g/mol. The first-order chi connectivity index (χ1) is 12.1. The number of nitrogens with one attached hydrogen (secondary N) is 2. The minimum absolute atomic E-state index is 0.0989. The van der Waals surface area contributed by atoms with Gasteiger partial charge >= 0.3 is 0 Å². The maximum absolute atomic E-state index is 13.4. The molecule has 0 fully saturated rings. The summed E-state index contributed by atoms with van der Waals surface area (Å²) in [5, 5.41) is 4.96. The molecule has 0 aromatic heterocycles. The van der Waals surface area contributed by atoms with E-state index >= 15 is 0 Å². The molecule has 25 heavy (non-hydrogen) atoms. The molecule has 0 bridgehead atoms. The highest BCUT2D eigenvalue weighted by Crippen LogP contribution is 2.16. The zero-order chi connectivity index (χ0) is 18.1. The van der Waals surface area contributed by atoms with Crippen LogP contribution in [0.2, 0.25) is 0 Å². The summed E-state index contributed by atoms with van der Waals surface area (Å²) in [4.78, 5) is 23.4. The molecule has 0 saturated carbocycles. The van der Waals surface area contributed by atoms with Crippen LogP contribution in [0.4, 0.5) is 4.39 Å².